The van der Waals surface area contributed by atoms with Gasteiger partial charge in [0, 0.05) is 5.92 Å². The van der Waals surface area contributed by atoms with Gasteiger partial charge in [-0.15, -0.1) is 0 Å². The molecule has 0 aromatic heterocycles. The van der Waals surface area contributed by atoms with Crippen LogP contribution in [0.15, 0.2) is 12.2 Å². The molecule has 5 heteroatoms. The summed E-state index contributed by atoms with van der Waals surface area (Å²) in [5.41, 5.74) is 0. The van der Waals surface area contributed by atoms with Crippen LogP contribution in [0.3, 0.4) is 0 Å². The summed E-state index contributed by atoms with van der Waals surface area (Å²) in [6, 6.07) is 0. The average Bonchev–Trinajstić information content (AvgIpc) is 2.84. The van der Waals surface area contributed by atoms with Gasteiger partial charge in [-0.25, -0.2) is 4.18 Å². The van der Waals surface area contributed by atoms with Crippen molar-refractivity contribution in [2.45, 2.75) is 174 Å². The quantitative estimate of drug-likeness (QED) is 0.0593. The smallest absolute Gasteiger partial charge is 0.264 e. The lowest BCUT2D eigenvalue weighted by molar-refractivity contribution is 0.234. The van der Waals surface area contributed by atoms with Gasteiger partial charge in [0.1, 0.15) is 0 Å². The molecule has 1 N–H and O–H groups in total. The van der Waals surface area contributed by atoms with Crippen molar-refractivity contribution in [2.75, 3.05) is 6.61 Å². The Labute approximate surface area is 226 Å². The summed E-state index contributed by atoms with van der Waals surface area (Å²) in [7, 11) is -4.37. The van der Waals surface area contributed by atoms with Gasteiger partial charge in [0.15, 0.2) is 0 Å². The molecule has 0 amide bonds. The Bertz CT molecular complexity index is 559. The van der Waals surface area contributed by atoms with Crippen molar-refractivity contribution in [1.82, 2.24) is 0 Å². The SMILES string of the molecule is CCCCCCCCCCC/C=C/C(CCCCCCCCCCCCCCCC)COS(=O)(=O)O. The first-order valence-corrected chi connectivity index (χ1v) is 17.1. The first kappa shape index (κ1) is 35.6. The van der Waals surface area contributed by atoms with Crippen LogP contribution >= 0.6 is 0 Å². The molecular weight excluding hydrogens is 468 g/mol. The second-order valence-corrected chi connectivity index (χ2v) is 12.0. The standard InChI is InChI=1S/C31H62O4S/c1-3-5-7-9-11-13-15-16-17-19-21-23-25-27-29-31(30-35-36(32,33)34)28-26-24-22-20-18-14-12-10-8-6-4-2/h26,28,31H,3-25,27,29-30H2,1-2H3,(H,32,33,34)/b28-26+. The van der Waals surface area contributed by atoms with E-state index in [0.29, 0.717) is 0 Å². The van der Waals surface area contributed by atoms with E-state index in [4.69, 9.17) is 4.55 Å². The molecule has 4 nitrogen and oxygen atoms in total. The van der Waals surface area contributed by atoms with Crippen LogP contribution in [-0.4, -0.2) is 19.6 Å². The lowest BCUT2D eigenvalue weighted by Gasteiger charge is -2.12. The fourth-order valence-electron chi connectivity index (χ4n) is 4.87. The number of hydrogen-bond donors (Lipinski definition) is 1. The topological polar surface area (TPSA) is 63.6 Å². The summed E-state index contributed by atoms with van der Waals surface area (Å²) in [5, 5.41) is 0. The number of rotatable bonds is 29. The highest BCUT2D eigenvalue weighted by atomic mass is 32.3. The molecule has 216 valence electrons. The molecule has 1 unspecified atom stereocenters. The van der Waals surface area contributed by atoms with Crippen molar-refractivity contribution in [2.24, 2.45) is 5.92 Å². The van der Waals surface area contributed by atoms with Crippen LogP contribution < -0.4 is 0 Å². The second-order valence-electron chi connectivity index (χ2n) is 10.9. The van der Waals surface area contributed by atoms with Gasteiger partial charge in [-0.2, -0.15) is 8.42 Å². The Kier molecular flexibility index (Phi) is 27.3. The Morgan fingerprint density at radius 2 is 0.944 bits per heavy atom. The average molecular weight is 531 g/mol. The maximum Gasteiger partial charge on any atom is 0.397 e. The van der Waals surface area contributed by atoms with Crippen molar-refractivity contribution in [3.63, 3.8) is 0 Å². The molecule has 0 aromatic rings. The van der Waals surface area contributed by atoms with Crippen LogP contribution in [0, 0.1) is 5.92 Å². The number of unbranched alkanes of at least 4 members (excludes halogenated alkanes) is 22. The van der Waals surface area contributed by atoms with Crippen LogP contribution in [0.2, 0.25) is 0 Å². The molecule has 0 heterocycles. The molecule has 0 fully saturated rings. The summed E-state index contributed by atoms with van der Waals surface area (Å²) < 4.78 is 35.6. The maximum absolute atomic E-state index is 11.0. The maximum atomic E-state index is 11.0. The molecule has 1 atom stereocenters. The third-order valence-electron chi connectivity index (χ3n) is 7.24. The van der Waals surface area contributed by atoms with Crippen molar-refractivity contribution in [3.05, 3.63) is 12.2 Å². The molecule has 0 aromatic carbocycles. The molecule has 0 bridgehead atoms. The summed E-state index contributed by atoms with van der Waals surface area (Å²) >= 11 is 0. The third-order valence-corrected chi connectivity index (χ3v) is 7.68. The molecule has 0 saturated heterocycles. The summed E-state index contributed by atoms with van der Waals surface area (Å²) in [6.45, 7) is 4.58. The first-order valence-electron chi connectivity index (χ1n) is 15.8. The molecule has 36 heavy (non-hydrogen) atoms. The van der Waals surface area contributed by atoms with Crippen LogP contribution in [-0.2, 0) is 14.6 Å². The van der Waals surface area contributed by atoms with E-state index in [1.807, 2.05) is 0 Å². The third kappa shape index (κ3) is 29.8. The first-order chi connectivity index (χ1) is 17.5. The van der Waals surface area contributed by atoms with Crippen molar-refractivity contribution in [3.8, 4) is 0 Å². The van der Waals surface area contributed by atoms with Gasteiger partial charge in [-0.1, -0.05) is 167 Å². The van der Waals surface area contributed by atoms with Crippen LogP contribution in [0.1, 0.15) is 174 Å². The lowest BCUT2D eigenvalue weighted by Crippen LogP contribution is -2.12. The molecule has 0 aliphatic rings. The van der Waals surface area contributed by atoms with Crippen molar-refractivity contribution in [1.29, 1.82) is 0 Å². The molecule has 0 spiro atoms. The highest BCUT2D eigenvalue weighted by molar-refractivity contribution is 7.80. The number of hydrogen-bond acceptors (Lipinski definition) is 3. The van der Waals surface area contributed by atoms with Gasteiger partial charge < -0.3 is 0 Å². The second kappa shape index (κ2) is 27.6. The van der Waals surface area contributed by atoms with E-state index in [0.717, 1.165) is 19.3 Å². The van der Waals surface area contributed by atoms with E-state index in [9.17, 15) is 8.42 Å². The van der Waals surface area contributed by atoms with Gasteiger partial charge in [0.05, 0.1) is 6.61 Å². The van der Waals surface area contributed by atoms with E-state index in [2.05, 4.69) is 30.2 Å². The Balaban J connectivity index is 3.80. The zero-order chi connectivity index (χ0) is 26.6. The van der Waals surface area contributed by atoms with E-state index < -0.39 is 10.4 Å². The fraction of sp³-hybridized carbons (Fsp3) is 0.935. The minimum absolute atomic E-state index is 0.0472. The van der Waals surface area contributed by atoms with Crippen LogP contribution in [0.4, 0.5) is 0 Å². The van der Waals surface area contributed by atoms with E-state index in [1.54, 1.807) is 0 Å². The van der Waals surface area contributed by atoms with Crippen LogP contribution in [0.5, 0.6) is 0 Å². The Morgan fingerprint density at radius 3 is 1.33 bits per heavy atom. The molecular formula is C31H62O4S. The summed E-state index contributed by atoms with van der Waals surface area (Å²) in [5.74, 6) is 0.0582. The predicted octanol–water partition coefficient (Wildman–Crippen LogP) is 10.8. The zero-order valence-electron chi connectivity index (χ0n) is 24.2. The largest absolute Gasteiger partial charge is 0.397 e. The normalized spacial score (nSPS) is 13.1. The highest BCUT2D eigenvalue weighted by Gasteiger charge is 2.11. The minimum atomic E-state index is -4.37. The monoisotopic (exact) mass is 530 g/mol. The van der Waals surface area contributed by atoms with Gasteiger partial charge in [0.25, 0.3) is 0 Å². The molecule has 0 radical (unpaired) electrons. The minimum Gasteiger partial charge on any atom is -0.264 e. The highest BCUT2D eigenvalue weighted by Crippen LogP contribution is 2.17. The van der Waals surface area contributed by atoms with E-state index in [-0.39, 0.29) is 12.5 Å². The predicted molar refractivity (Wildman–Crippen MR) is 157 cm³/mol. The van der Waals surface area contributed by atoms with E-state index in [1.165, 1.54) is 141 Å². The molecule has 0 aliphatic heterocycles. The lowest BCUT2D eigenvalue weighted by atomic mass is 9.99. The molecule has 0 saturated carbocycles. The Hall–Kier alpha value is -0.390. The zero-order valence-corrected chi connectivity index (χ0v) is 25.0. The van der Waals surface area contributed by atoms with Gasteiger partial charge in [-0.3, -0.25) is 4.55 Å². The molecule has 0 aliphatic carbocycles. The Morgan fingerprint density at radius 1 is 0.583 bits per heavy atom. The van der Waals surface area contributed by atoms with Crippen molar-refractivity contribution >= 4 is 10.4 Å². The van der Waals surface area contributed by atoms with Gasteiger partial charge in [0.2, 0.25) is 0 Å². The van der Waals surface area contributed by atoms with Crippen molar-refractivity contribution < 1.29 is 17.2 Å². The summed E-state index contributed by atoms with van der Waals surface area (Å²) in [6.07, 6.45) is 36.8. The molecule has 0 rings (SSSR count). The van der Waals surface area contributed by atoms with Gasteiger partial charge >= 0.3 is 10.4 Å². The van der Waals surface area contributed by atoms with E-state index >= 15 is 0 Å². The fourth-order valence-corrected chi connectivity index (χ4v) is 5.22. The summed E-state index contributed by atoms with van der Waals surface area (Å²) in [4.78, 5) is 0. The van der Waals surface area contributed by atoms with Crippen LogP contribution in [0.25, 0.3) is 0 Å². The number of allylic oxidation sites excluding steroid dienone is 1. The van der Waals surface area contributed by atoms with Gasteiger partial charge in [-0.05, 0) is 19.3 Å².